The summed E-state index contributed by atoms with van der Waals surface area (Å²) in [6, 6.07) is 3.76. The lowest BCUT2D eigenvalue weighted by Gasteiger charge is -2.42. The normalized spacial score (nSPS) is 18.8. The van der Waals surface area contributed by atoms with Crippen molar-refractivity contribution in [3.8, 4) is 6.07 Å². The van der Waals surface area contributed by atoms with Crippen molar-refractivity contribution in [1.29, 1.82) is 5.26 Å². The van der Waals surface area contributed by atoms with E-state index in [9.17, 15) is 0 Å². The number of aromatic nitrogens is 2. The van der Waals surface area contributed by atoms with Crippen LogP contribution in [-0.4, -0.2) is 35.3 Å². The third kappa shape index (κ3) is 2.37. The van der Waals surface area contributed by atoms with Crippen LogP contribution < -0.4 is 4.90 Å². The molecule has 0 amide bonds. The zero-order valence-corrected chi connectivity index (χ0v) is 10.4. The number of nitriles is 1. The molecule has 1 aromatic heterocycles. The highest BCUT2D eigenvalue weighted by molar-refractivity contribution is 5.39. The summed E-state index contributed by atoms with van der Waals surface area (Å²) in [6.07, 6.45) is 0. The molecule has 0 atom stereocenters. The molecule has 1 aliphatic rings. The second-order valence-electron chi connectivity index (χ2n) is 4.82. The Labute approximate surface area is 101 Å². The van der Waals surface area contributed by atoms with Crippen LogP contribution in [0.4, 0.5) is 5.95 Å². The minimum Gasteiger partial charge on any atom is -0.377 e. The Kier molecular flexibility index (Phi) is 2.99. The van der Waals surface area contributed by atoms with Gasteiger partial charge in [0.25, 0.3) is 0 Å². The van der Waals surface area contributed by atoms with Gasteiger partial charge in [-0.25, -0.2) is 9.97 Å². The Morgan fingerprint density at radius 2 is 2.24 bits per heavy atom. The smallest absolute Gasteiger partial charge is 0.227 e. The number of anilines is 1. The summed E-state index contributed by atoms with van der Waals surface area (Å²) >= 11 is 0. The fourth-order valence-electron chi connectivity index (χ4n) is 1.96. The van der Waals surface area contributed by atoms with E-state index in [-0.39, 0.29) is 5.54 Å². The molecule has 5 heteroatoms. The van der Waals surface area contributed by atoms with Crippen LogP contribution in [0.25, 0.3) is 0 Å². The molecular formula is C12H16N4O. The number of hydrogen-bond acceptors (Lipinski definition) is 5. The van der Waals surface area contributed by atoms with Crippen molar-refractivity contribution in [1.82, 2.24) is 9.97 Å². The summed E-state index contributed by atoms with van der Waals surface area (Å²) < 4.78 is 5.46. The third-order valence-electron chi connectivity index (χ3n) is 2.84. The number of ether oxygens (including phenoxy) is 1. The van der Waals surface area contributed by atoms with E-state index in [0.717, 1.165) is 12.2 Å². The summed E-state index contributed by atoms with van der Waals surface area (Å²) in [4.78, 5) is 10.8. The fourth-order valence-corrected chi connectivity index (χ4v) is 1.96. The van der Waals surface area contributed by atoms with E-state index < -0.39 is 0 Å². The van der Waals surface area contributed by atoms with Crippen LogP contribution in [0.3, 0.4) is 0 Å². The molecule has 0 spiro atoms. The quantitative estimate of drug-likeness (QED) is 0.729. The first kappa shape index (κ1) is 11.8. The van der Waals surface area contributed by atoms with Crippen molar-refractivity contribution >= 4 is 5.95 Å². The van der Waals surface area contributed by atoms with Crippen molar-refractivity contribution in [2.45, 2.75) is 26.3 Å². The molecule has 0 aromatic carbocycles. The molecule has 1 aromatic rings. The highest BCUT2D eigenvalue weighted by Crippen LogP contribution is 2.24. The van der Waals surface area contributed by atoms with Gasteiger partial charge in [-0.15, -0.1) is 0 Å². The van der Waals surface area contributed by atoms with Gasteiger partial charge in [0.05, 0.1) is 18.8 Å². The number of hydrogen-bond donors (Lipinski definition) is 0. The van der Waals surface area contributed by atoms with Crippen LogP contribution in [0.2, 0.25) is 0 Å². The molecular weight excluding hydrogens is 216 g/mol. The Bertz CT molecular complexity index is 464. The SMILES string of the molecule is Cc1cc(C#N)nc(N2CCOCC2(C)C)n1. The van der Waals surface area contributed by atoms with Gasteiger partial charge >= 0.3 is 0 Å². The first-order chi connectivity index (χ1) is 8.03. The summed E-state index contributed by atoms with van der Waals surface area (Å²) in [5, 5.41) is 8.93. The second-order valence-corrected chi connectivity index (χ2v) is 4.82. The van der Waals surface area contributed by atoms with Crippen LogP contribution in [-0.2, 0) is 4.74 Å². The minimum atomic E-state index is -0.140. The Morgan fingerprint density at radius 1 is 1.47 bits per heavy atom. The van der Waals surface area contributed by atoms with Gasteiger partial charge in [-0.05, 0) is 26.8 Å². The molecule has 5 nitrogen and oxygen atoms in total. The number of morpholine rings is 1. The maximum Gasteiger partial charge on any atom is 0.227 e. The van der Waals surface area contributed by atoms with Crippen molar-refractivity contribution in [3.63, 3.8) is 0 Å². The highest BCUT2D eigenvalue weighted by Gasteiger charge is 2.32. The topological polar surface area (TPSA) is 62.0 Å². The lowest BCUT2D eigenvalue weighted by atomic mass is 10.0. The van der Waals surface area contributed by atoms with Gasteiger partial charge in [-0.3, -0.25) is 0 Å². The summed E-state index contributed by atoms with van der Waals surface area (Å²) in [5.74, 6) is 0.620. The summed E-state index contributed by atoms with van der Waals surface area (Å²) in [5.41, 5.74) is 1.09. The maximum atomic E-state index is 8.93. The third-order valence-corrected chi connectivity index (χ3v) is 2.84. The minimum absolute atomic E-state index is 0.140. The molecule has 0 aliphatic carbocycles. The highest BCUT2D eigenvalue weighted by atomic mass is 16.5. The van der Waals surface area contributed by atoms with Crippen LogP contribution in [0.15, 0.2) is 6.07 Å². The molecule has 0 N–H and O–H groups in total. The molecule has 0 bridgehead atoms. The van der Waals surface area contributed by atoms with E-state index in [1.54, 1.807) is 6.07 Å². The van der Waals surface area contributed by atoms with Crippen LogP contribution in [0.5, 0.6) is 0 Å². The van der Waals surface area contributed by atoms with Crippen LogP contribution in [0.1, 0.15) is 25.2 Å². The van der Waals surface area contributed by atoms with E-state index >= 15 is 0 Å². The van der Waals surface area contributed by atoms with E-state index in [4.69, 9.17) is 10.00 Å². The molecule has 0 saturated carbocycles. The fraction of sp³-hybridized carbons (Fsp3) is 0.583. The Morgan fingerprint density at radius 3 is 2.88 bits per heavy atom. The van der Waals surface area contributed by atoms with Gasteiger partial charge in [-0.2, -0.15) is 5.26 Å². The molecule has 90 valence electrons. The monoisotopic (exact) mass is 232 g/mol. The molecule has 1 saturated heterocycles. The lowest BCUT2D eigenvalue weighted by Crippen LogP contribution is -2.54. The van der Waals surface area contributed by atoms with Crippen LogP contribution in [0, 0.1) is 18.3 Å². The number of nitrogens with zero attached hydrogens (tertiary/aromatic N) is 4. The Balaban J connectivity index is 2.39. The van der Waals surface area contributed by atoms with Crippen molar-refractivity contribution < 1.29 is 4.74 Å². The van der Waals surface area contributed by atoms with E-state index in [0.29, 0.717) is 24.9 Å². The maximum absolute atomic E-state index is 8.93. The molecule has 1 aliphatic heterocycles. The van der Waals surface area contributed by atoms with Gasteiger partial charge < -0.3 is 9.64 Å². The molecule has 17 heavy (non-hydrogen) atoms. The summed E-state index contributed by atoms with van der Waals surface area (Å²) in [6.45, 7) is 8.11. The zero-order chi connectivity index (χ0) is 12.5. The molecule has 2 heterocycles. The first-order valence-corrected chi connectivity index (χ1v) is 5.64. The van der Waals surface area contributed by atoms with Crippen molar-refractivity contribution in [2.24, 2.45) is 0 Å². The first-order valence-electron chi connectivity index (χ1n) is 5.64. The standard InChI is InChI=1S/C12H16N4O/c1-9-6-10(7-13)15-11(14-9)16-4-5-17-8-12(16,2)3/h6H,4-5,8H2,1-3H3. The molecule has 0 unspecified atom stereocenters. The average Bonchev–Trinajstić information content (AvgIpc) is 2.27. The van der Waals surface area contributed by atoms with Gasteiger partial charge in [0.1, 0.15) is 11.8 Å². The molecule has 1 fully saturated rings. The lowest BCUT2D eigenvalue weighted by molar-refractivity contribution is 0.0633. The predicted molar refractivity (Wildman–Crippen MR) is 63.7 cm³/mol. The number of aryl methyl sites for hydroxylation is 1. The van der Waals surface area contributed by atoms with Gasteiger partial charge in [0.15, 0.2) is 0 Å². The number of rotatable bonds is 1. The summed E-state index contributed by atoms with van der Waals surface area (Å²) in [7, 11) is 0. The van der Waals surface area contributed by atoms with Crippen molar-refractivity contribution in [3.05, 3.63) is 17.5 Å². The Hall–Kier alpha value is -1.67. The zero-order valence-electron chi connectivity index (χ0n) is 10.4. The predicted octanol–water partition coefficient (Wildman–Crippen LogP) is 1.27. The van der Waals surface area contributed by atoms with E-state index in [1.807, 2.05) is 6.92 Å². The van der Waals surface area contributed by atoms with E-state index in [2.05, 4.69) is 34.8 Å². The van der Waals surface area contributed by atoms with E-state index in [1.165, 1.54) is 0 Å². The van der Waals surface area contributed by atoms with Gasteiger partial charge in [0, 0.05) is 12.2 Å². The van der Waals surface area contributed by atoms with Gasteiger partial charge in [0.2, 0.25) is 5.95 Å². The van der Waals surface area contributed by atoms with Crippen molar-refractivity contribution in [2.75, 3.05) is 24.7 Å². The molecule has 0 radical (unpaired) electrons. The van der Waals surface area contributed by atoms with Crippen LogP contribution >= 0.6 is 0 Å². The molecule has 2 rings (SSSR count). The average molecular weight is 232 g/mol. The largest absolute Gasteiger partial charge is 0.377 e. The van der Waals surface area contributed by atoms with Gasteiger partial charge in [-0.1, -0.05) is 0 Å². The second kappa shape index (κ2) is 4.30.